The number of nitrogens with zero attached hydrogens (tertiary/aromatic N) is 1. The number of carbonyl (C=O) groups excluding carboxylic acids is 1. The molecule has 2 heterocycles. The van der Waals surface area contributed by atoms with E-state index in [1.807, 2.05) is 0 Å². The Bertz CT molecular complexity index is 540. The minimum atomic E-state index is -0.451. The molecule has 0 saturated carbocycles. The molecule has 0 bridgehead atoms. The fraction of sp³-hybridized carbons (Fsp3) is 0.125. The first-order chi connectivity index (χ1) is 6.68. The molecule has 0 aliphatic heterocycles. The number of ether oxygens (including phenoxy) is 1. The van der Waals surface area contributed by atoms with Crippen LogP contribution >= 0.6 is 0 Å². The van der Waals surface area contributed by atoms with E-state index < -0.39 is 5.97 Å². The van der Waals surface area contributed by atoms with Gasteiger partial charge in [0.2, 0.25) is 0 Å². The topological polar surface area (TPSA) is 87.8 Å². The number of esters is 1. The van der Waals surface area contributed by atoms with E-state index in [9.17, 15) is 9.59 Å². The number of aromatic amines is 2. The molecule has 0 radical (unpaired) electrons. The van der Waals surface area contributed by atoms with E-state index in [0.29, 0.717) is 11.0 Å². The number of H-pyrrole nitrogens is 2. The normalized spacial score (nSPS) is 10.4. The first kappa shape index (κ1) is 8.49. The summed E-state index contributed by atoms with van der Waals surface area (Å²) in [5.74, 6) is -0.188. The number of aromatic nitrogens is 3. The zero-order chi connectivity index (χ0) is 10.1. The van der Waals surface area contributed by atoms with Gasteiger partial charge in [-0.1, -0.05) is 0 Å². The number of nitrogens with one attached hydrogen (secondary N) is 2. The van der Waals surface area contributed by atoms with E-state index in [1.54, 1.807) is 0 Å². The molecule has 0 saturated heterocycles. The smallest absolute Gasteiger partial charge is 0.308 e. The highest BCUT2D eigenvalue weighted by molar-refractivity contribution is 5.83. The Labute approximate surface area is 77.9 Å². The molecule has 0 aromatic carbocycles. The molecule has 0 aliphatic rings. The molecule has 6 heteroatoms. The van der Waals surface area contributed by atoms with Crippen LogP contribution in [0.4, 0.5) is 0 Å². The Balaban J connectivity index is 2.64. The molecule has 0 amide bonds. The maximum Gasteiger partial charge on any atom is 0.308 e. The largest absolute Gasteiger partial charge is 0.423 e. The summed E-state index contributed by atoms with van der Waals surface area (Å²) in [6.07, 6.45) is 2.68. The number of rotatable bonds is 1. The van der Waals surface area contributed by atoms with E-state index in [4.69, 9.17) is 4.74 Å². The monoisotopic (exact) mass is 193 g/mol. The van der Waals surface area contributed by atoms with Crippen LogP contribution in [0.2, 0.25) is 0 Å². The van der Waals surface area contributed by atoms with Crippen LogP contribution in [-0.4, -0.2) is 20.9 Å². The van der Waals surface area contributed by atoms with Crippen LogP contribution in [0.5, 0.6) is 5.75 Å². The Kier molecular flexibility index (Phi) is 1.81. The fourth-order valence-corrected chi connectivity index (χ4v) is 1.16. The predicted octanol–water partition coefficient (Wildman–Crippen LogP) is 0.176. The second-order valence-electron chi connectivity index (χ2n) is 2.70. The molecule has 14 heavy (non-hydrogen) atoms. The number of hydrogen-bond donors (Lipinski definition) is 2. The zero-order valence-corrected chi connectivity index (χ0v) is 7.33. The number of carbonyl (C=O) groups is 1. The summed E-state index contributed by atoms with van der Waals surface area (Å²) in [5.41, 5.74) is 0.348. The van der Waals surface area contributed by atoms with E-state index in [0.717, 1.165) is 0 Å². The molecule has 2 aromatic heterocycles. The summed E-state index contributed by atoms with van der Waals surface area (Å²) < 4.78 is 4.84. The van der Waals surface area contributed by atoms with Crippen molar-refractivity contribution >= 4 is 17.0 Å². The quantitative estimate of drug-likeness (QED) is 0.632. The Morgan fingerprint density at radius 2 is 2.29 bits per heavy atom. The van der Waals surface area contributed by atoms with Crippen LogP contribution in [0, 0.1) is 0 Å². The zero-order valence-electron chi connectivity index (χ0n) is 7.33. The van der Waals surface area contributed by atoms with Crippen molar-refractivity contribution in [3.63, 3.8) is 0 Å². The first-order valence-electron chi connectivity index (χ1n) is 3.91. The predicted molar refractivity (Wildman–Crippen MR) is 48.0 cm³/mol. The summed E-state index contributed by atoms with van der Waals surface area (Å²) >= 11 is 0. The first-order valence-corrected chi connectivity index (χ1v) is 3.91. The van der Waals surface area contributed by atoms with Gasteiger partial charge in [-0.15, -0.1) is 0 Å². The third-order valence-electron chi connectivity index (χ3n) is 1.69. The average molecular weight is 193 g/mol. The summed E-state index contributed by atoms with van der Waals surface area (Å²) in [7, 11) is 0. The lowest BCUT2D eigenvalue weighted by atomic mass is 10.4. The van der Waals surface area contributed by atoms with E-state index >= 15 is 0 Å². The van der Waals surface area contributed by atoms with Gasteiger partial charge < -0.3 is 14.7 Å². The van der Waals surface area contributed by atoms with Crippen LogP contribution < -0.4 is 10.3 Å². The van der Waals surface area contributed by atoms with Gasteiger partial charge in [-0.3, -0.25) is 9.59 Å². The maximum atomic E-state index is 11.2. The SMILES string of the molecule is CC(=O)Oc1c[nH]c2c(=O)[nH]cnc12. The van der Waals surface area contributed by atoms with E-state index in [2.05, 4.69) is 15.0 Å². The summed E-state index contributed by atoms with van der Waals surface area (Å²) in [6.45, 7) is 1.28. The summed E-state index contributed by atoms with van der Waals surface area (Å²) in [4.78, 5) is 30.9. The van der Waals surface area contributed by atoms with Crippen molar-refractivity contribution in [1.82, 2.24) is 15.0 Å². The van der Waals surface area contributed by atoms with Gasteiger partial charge in [0.05, 0.1) is 6.33 Å². The molecule has 0 spiro atoms. The highest BCUT2D eigenvalue weighted by Gasteiger charge is 2.09. The molecular formula is C8H7N3O3. The van der Waals surface area contributed by atoms with Crippen molar-refractivity contribution in [2.75, 3.05) is 0 Å². The Hall–Kier alpha value is -2.11. The van der Waals surface area contributed by atoms with E-state index in [-0.39, 0.29) is 11.3 Å². The number of fused-ring (bicyclic) bond motifs is 1. The fourth-order valence-electron chi connectivity index (χ4n) is 1.16. The minimum Gasteiger partial charge on any atom is -0.423 e. The molecule has 72 valence electrons. The average Bonchev–Trinajstić information content (AvgIpc) is 2.49. The molecule has 0 fully saturated rings. The molecule has 0 atom stereocenters. The maximum absolute atomic E-state index is 11.2. The molecule has 0 aliphatic carbocycles. The van der Waals surface area contributed by atoms with Crippen LogP contribution in [-0.2, 0) is 4.79 Å². The van der Waals surface area contributed by atoms with Gasteiger partial charge in [0, 0.05) is 13.1 Å². The highest BCUT2D eigenvalue weighted by Crippen LogP contribution is 2.19. The lowest BCUT2D eigenvalue weighted by Crippen LogP contribution is -2.06. The van der Waals surface area contributed by atoms with Crippen molar-refractivity contribution in [1.29, 1.82) is 0 Å². The second kappa shape index (κ2) is 2.99. The van der Waals surface area contributed by atoms with Gasteiger partial charge in [0.15, 0.2) is 5.75 Å². The summed E-state index contributed by atoms with van der Waals surface area (Å²) in [6, 6.07) is 0. The van der Waals surface area contributed by atoms with Crippen LogP contribution in [0.1, 0.15) is 6.92 Å². The Morgan fingerprint density at radius 1 is 1.50 bits per heavy atom. The van der Waals surface area contributed by atoms with Crippen molar-refractivity contribution in [3.05, 3.63) is 22.9 Å². The lowest BCUT2D eigenvalue weighted by Gasteiger charge is -1.95. The highest BCUT2D eigenvalue weighted by atomic mass is 16.5. The molecule has 0 unspecified atom stereocenters. The van der Waals surface area contributed by atoms with Crippen molar-refractivity contribution in [3.8, 4) is 5.75 Å². The van der Waals surface area contributed by atoms with Gasteiger partial charge in [-0.2, -0.15) is 0 Å². The molecule has 6 nitrogen and oxygen atoms in total. The molecule has 2 N–H and O–H groups in total. The van der Waals surface area contributed by atoms with Gasteiger partial charge in [0.25, 0.3) is 5.56 Å². The molecule has 2 aromatic rings. The third-order valence-corrected chi connectivity index (χ3v) is 1.69. The Morgan fingerprint density at radius 3 is 3.00 bits per heavy atom. The van der Waals surface area contributed by atoms with Crippen molar-refractivity contribution < 1.29 is 9.53 Å². The van der Waals surface area contributed by atoms with Crippen molar-refractivity contribution in [2.45, 2.75) is 6.92 Å². The van der Waals surface area contributed by atoms with Gasteiger partial charge >= 0.3 is 5.97 Å². The third kappa shape index (κ3) is 1.26. The van der Waals surface area contributed by atoms with Gasteiger partial charge in [-0.05, 0) is 0 Å². The number of hydrogen-bond acceptors (Lipinski definition) is 4. The molecular weight excluding hydrogens is 186 g/mol. The van der Waals surface area contributed by atoms with Crippen LogP contribution in [0.15, 0.2) is 17.3 Å². The lowest BCUT2D eigenvalue weighted by molar-refractivity contribution is -0.131. The van der Waals surface area contributed by atoms with Gasteiger partial charge in [0.1, 0.15) is 11.0 Å². The summed E-state index contributed by atoms with van der Waals surface area (Å²) in [5, 5.41) is 0. The van der Waals surface area contributed by atoms with E-state index in [1.165, 1.54) is 19.4 Å². The minimum absolute atomic E-state index is 0.263. The van der Waals surface area contributed by atoms with Gasteiger partial charge in [-0.25, -0.2) is 4.98 Å². The second-order valence-corrected chi connectivity index (χ2v) is 2.70. The van der Waals surface area contributed by atoms with Crippen LogP contribution in [0.3, 0.4) is 0 Å². The van der Waals surface area contributed by atoms with Crippen LogP contribution in [0.25, 0.3) is 11.0 Å². The standard InChI is InChI=1S/C8H7N3O3/c1-4(12)14-5-2-9-7-6(5)10-3-11-8(7)13/h2-3,9H,1H3,(H,10,11,13). The molecule has 2 rings (SSSR count). The van der Waals surface area contributed by atoms with Crippen molar-refractivity contribution in [2.24, 2.45) is 0 Å².